The molecule has 1 unspecified atom stereocenters. The zero-order valence-electron chi connectivity index (χ0n) is 12.3. The second kappa shape index (κ2) is 6.70. The van der Waals surface area contributed by atoms with Gasteiger partial charge in [0.15, 0.2) is 0 Å². The van der Waals surface area contributed by atoms with Gasteiger partial charge in [-0.2, -0.15) is 4.31 Å². The fourth-order valence-electron chi connectivity index (χ4n) is 2.85. The van der Waals surface area contributed by atoms with Crippen molar-refractivity contribution in [2.45, 2.75) is 50.1 Å². The molecule has 5 heteroatoms. The summed E-state index contributed by atoms with van der Waals surface area (Å²) in [4.78, 5) is 0.422. The third-order valence-electron chi connectivity index (χ3n) is 3.93. The first-order valence-corrected chi connectivity index (χ1v) is 8.79. The van der Waals surface area contributed by atoms with Gasteiger partial charge in [0, 0.05) is 19.1 Å². The molecule has 1 aromatic carbocycles. The van der Waals surface area contributed by atoms with Crippen molar-refractivity contribution in [1.82, 2.24) is 9.62 Å². The van der Waals surface area contributed by atoms with E-state index in [1.165, 1.54) is 0 Å². The van der Waals surface area contributed by atoms with Gasteiger partial charge in [-0.25, -0.2) is 8.42 Å². The van der Waals surface area contributed by atoms with E-state index >= 15 is 0 Å². The third-order valence-corrected chi connectivity index (χ3v) is 5.88. The van der Waals surface area contributed by atoms with Crippen molar-refractivity contribution in [2.75, 3.05) is 13.6 Å². The van der Waals surface area contributed by atoms with E-state index in [-0.39, 0.29) is 6.04 Å². The van der Waals surface area contributed by atoms with Crippen molar-refractivity contribution >= 4 is 10.0 Å². The van der Waals surface area contributed by atoms with Gasteiger partial charge in [-0.05, 0) is 44.0 Å². The molecule has 1 aromatic rings. The maximum absolute atomic E-state index is 12.8. The SMILES string of the molecule is CCC1CCCCN1S(=O)(=O)c1cccc(CNC)c1. The van der Waals surface area contributed by atoms with Crippen LogP contribution in [0, 0.1) is 0 Å². The molecule has 1 aliphatic rings. The van der Waals surface area contributed by atoms with Gasteiger partial charge in [0.2, 0.25) is 10.0 Å². The van der Waals surface area contributed by atoms with Gasteiger partial charge in [0.1, 0.15) is 0 Å². The largest absolute Gasteiger partial charge is 0.316 e. The fourth-order valence-corrected chi connectivity index (χ4v) is 4.69. The van der Waals surface area contributed by atoms with Crippen molar-refractivity contribution in [2.24, 2.45) is 0 Å². The third kappa shape index (κ3) is 3.22. The fraction of sp³-hybridized carbons (Fsp3) is 0.600. The molecule has 1 aliphatic heterocycles. The topological polar surface area (TPSA) is 49.4 Å². The number of sulfonamides is 1. The molecule has 20 heavy (non-hydrogen) atoms. The Morgan fingerprint density at radius 1 is 1.35 bits per heavy atom. The predicted octanol–water partition coefficient (Wildman–Crippen LogP) is 2.36. The molecule has 0 amide bonds. The van der Waals surface area contributed by atoms with E-state index in [1.54, 1.807) is 16.4 Å². The molecule has 0 spiro atoms. The number of piperidine rings is 1. The van der Waals surface area contributed by atoms with E-state index in [1.807, 2.05) is 19.2 Å². The lowest BCUT2D eigenvalue weighted by Gasteiger charge is -2.34. The summed E-state index contributed by atoms with van der Waals surface area (Å²) in [6, 6.07) is 7.41. The Morgan fingerprint density at radius 2 is 2.15 bits per heavy atom. The maximum Gasteiger partial charge on any atom is 0.243 e. The number of rotatable bonds is 5. The highest BCUT2D eigenvalue weighted by atomic mass is 32.2. The number of nitrogens with one attached hydrogen (secondary N) is 1. The van der Waals surface area contributed by atoms with Crippen LogP contribution in [0.25, 0.3) is 0 Å². The quantitative estimate of drug-likeness (QED) is 0.907. The summed E-state index contributed by atoms with van der Waals surface area (Å²) < 4.78 is 27.3. The Morgan fingerprint density at radius 3 is 2.85 bits per heavy atom. The van der Waals surface area contributed by atoms with E-state index < -0.39 is 10.0 Å². The summed E-state index contributed by atoms with van der Waals surface area (Å²) in [5.74, 6) is 0. The van der Waals surface area contributed by atoms with Crippen LogP contribution in [0.2, 0.25) is 0 Å². The van der Waals surface area contributed by atoms with E-state index in [0.717, 1.165) is 31.2 Å². The van der Waals surface area contributed by atoms with Gasteiger partial charge < -0.3 is 5.32 Å². The molecule has 1 fully saturated rings. The van der Waals surface area contributed by atoms with Crippen molar-refractivity contribution < 1.29 is 8.42 Å². The van der Waals surface area contributed by atoms with Crippen molar-refractivity contribution in [1.29, 1.82) is 0 Å². The average molecular weight is 296 g/mol. The highest BCUT2D eigenvalue weighted by molar-refractivity contribution is 7.89. The lowest BCUT2D eigenvalue weighted by atomic mass is 10.0. The number of hydrogen-bond donors (Lipinski definition) is 1. The molecule has 2 rings (SSSR count). The molecule has 112 valence electrons. The molecule has 4 nitrogen and oxygen atoms in total. The highest BCUT2D eigenvalue weighted by Crippen LogP contribution is 2.27. The normalized spacial score (nSPS) is 21.0. The first-order chi connectivity index (χ1) is 9.59. The first kappa shape index (κ1) is 15.5. The van der Waals surface area contributed by atoms with Crippen LogP contribution in [-0.2, 0) is 16.6 Å². The summed E-state index contributed by atoms with van der Waals surface area (Å²) in [5.41, 5.74) is 0.999. The van der Waals surface area contributed by atoms with Gasteiger partial charge in [0.25, 0.3) is 0 Å². The summed E-state index contributed by atoms with van der Waals surface area (Å²) in [6.07, 6.45) is 3.96. The van der Waals surface area contributed by atoms with Gasteiger partial charge in [0.05, 0.1) is 4.90 Å². The first-order valence-electron chi connectivity index (χ1n) is 7.35. The molecule has 1 atom stereocenters. The summed E-state index contributed by atoms with van der Waals surface area (Å²) in [6.45, 7) is 3.40. The molecule has 0 saturated carbocycles. The minimum absolute atomic E-state index is 0.154. The van der Waals surface area contributed by atoms with Crippen molar-refractivity contribution in [3.05, 3.63) is 29.8 Å². The van der Waals surface area contributed by atoms with Crippen molar-refractivity contribution in [3.8, 4) is 0 Å². The number of hydrogen-bond acceptors (Lipinski definition) is 3. The Bertz CT molecular complexity index is 543. The standard InChI is InChI=1S/C15H24N2O2S/c1-3-14-8-4-5-10-17(14)20(18,19)15-9-6-7-13(11-15)12-16-2/h6-7,9,11,14,16H,3-5,8,10,12H2,1-2H3. The Hall–Kier alpha value is -0.910. The second-order valence-electron chi connectivity index (χ2n) is 5.35. The smallest absolute Gasteiger partial charge is 0.243 e. The van der Waals surface area contributed by atoms with E-state index in [9.17, 15) is 8.42 Å². The van der Waals surface area contributed by atoms with Crippen LogP contribution in [0.4, 0.5) is 0 Å². The summed E-state index contributed by atoms with van der Waals surface area (Å²) in [7, 11) is -1.50. The summed E-state index contributed by atoms with van der Waals surface area (Å²) >= 11 is 0. The number of nitrogens with zero attached hydrogens (tertiary/aromatic N) is 1. The molecule has 0 aromatic heterocycles. The number of benzene rings is 1. The monoisotopic (exact) mass is 296 g/mol. The Labute approximate surface area is 122 Å². The Balaban J connectivity index is 2.31. The van der Waals surface area contributed by atoms with Gasteiger partial charge in [-0.3, -0.25) is 0 Å². The molecule has 0 aliphatic carbocycles. The molecular formula is C15H24N2O2S. The van der Waals surface area contributed by atoms with Crippen LogP contribution < -0.4 is 5.32 Å². The molecule has 1 N–H and O–H groups in total. The predicted molar refractivity (Wildman–Crippen MR) is 81.0 cm³/mol. The van der Waals surface area contributed by atoms with Crippen molar-refractivity contribution in [3.63, 3.8) is 0 Å². The van der Waals surface area contributed by atoms with Gasteiger partial charge >= 0.3 is 0 Å². The van der Waals surface area contributed by atoms with Crippen LogP contribution in [0.1, 0.15) is 38.2 Å². The minimum atomic E-state index is -3.36. The van der Waals surface area contributed by atoms with E-state index in [4.69, 9.17) is 0 Å². The van der Waals surface area contributed by atoms with Crippen LogP contribution in [0.5, 0.6) is 0 Å². The molecule has 1 saturated heterocycles. The minimum Gasteiger partial charge on any atom is -0.316 e. The highest BCUT2D eigenvalue weighted by Gasteiger charge is 2.32. The van der Waals surface area contributed by atoms with Gasteiger partial charge in [-0.15, -0.1) is 0 Å². The maximum atomic E-state index is 12.8. The van der Waals surface area contributed by atoms with E-state index in [2.05, 4.69) is 12.2 Å². The van der Waals surface area contributed by atoms with E-state index in [0.29, 0.717) is 18.0 Å². The summed E-state index contributed by atoms with van der Waals surface area (Å²) in [5, 5.41) is 3.05. The zero-order chi connectivity index (χ0) is 14.6. The van der Waals surface area contributed by atoms with Crippen LogP contribution in [-0.4, -0.2) is 32.4 Å². The molecule has 0 bridgehead atoms. The molecule has 0 radical (unpaired) electrons. The lowest BCUT2D eigenvalue weighted by molar-refractivity contribution is 0.246. The Kier molecular flexibility index (Phi) is 5.18. The van der Waals surface area contributed by atoms with Crippen LogP contribution >= 0.6 is 0 Å². The second-order valence-corrected chi connectivity index (χ2v) is 7.24. The molecule has 1 heterocycles. The van der Waals surface area contributed by atoms with Crippen LogP contribution in [0.3, 0.4) is 0 Å². The van der Waals surface area contributed by atoms with Gasteiger partial charge in [-0.1, -0.05) is 25.5 Å². The molecular weight excluding hydrogens is 272 g/mol. The lowest BCUT2D eigenvalue weighted by Crippen LogP contribution is -2.43. The van der Waals surface area contributed by atoms with Crippen LogP contribution in [0.15, 0.2) is 29.2 Å². The zero-order valence-corrected chi connectivity index (χ0v) is 13.1. The average Bonchev–Trinajstić information content (AvgIpc) is 2.48.